The number of hydrogen-bond acceptors (Lipinski definition) is 4. The fourth-order valence-electron chi connectivity index (χ4n) is 1.07. The van der Waals surface area contributed by atoms with Crippen molar-refractivity contribution in [1.29, 1.82) is 0 Å². The molecule has 72 valence electrons. The lowest BCUT2D eigenvalue weighted by Gasteiger charge is -1.96. The number of anilines is 1. The van der Waals surface area contributed by atoms with Crippen molar-refractivity contribution in [1.82, 2.24) is 20.0 Å². The van der Waals surface area contributed by atoms with Crippen LogP contribution in [0.15, 0.2) is 18.5 Å². The van der Waals surface area contributed by atoms with Gasteiger partial charge in [0.15, 0.2) is 5.69 Å². The molecular formula is C7H7N5O2. The number of carboxylic acids is 1. The first kappa shape index (κ1) is 8.30. The van der Waals surface area contributed by atoms with Crippen molar-refractivity contribution in [3.05, 3.63) is 24.2 Å². The molecule has 0 saturated heterocycles. The highest BCUT2D eigenvalue weighted by molar-refractivity contribution is 5.86. The van der Waals surface area contributed by atoms with Gasteiger partial charge in [-0.1, -0.05) is 0 Å². The van der Waals surface area contributed by atoms with E-state index in [9.17, 15) is 4.79 Å². The van der Waals surface area contributed by atoms with Crippen LogP contribution < -0.4 is 5.73 Å². The van der Waals surface area contributed by atoms with Gasteiger partial charge in [0, 0.05) is 12.3 Å². The van der Waals surface area contributed by atoms with Gasteiger partial charge in [0.05, 0.1) is 6.20 Å². The summed E-state index contributed by atoms with van der Waals surface area (Å²) < 4.78 is 1.30. The average molecular weight is 193 g/mol. The number of hydrogen-bond donors (Lipinski definition) is 3. The zero-order valence-corrected chi connectivity index (χ0v) is 7.01. The van der Waals surface area contributed by atoms with E-state index in [0.29, 0.717) is 5.69 Å². The molecule has 7 nitrogen and oxygen atoms in total. The second-order valence-corrected chi connectivity index (χ2v) is 2.63. The van der Waals surface area contributed by atoms with Gasteiger partial charge in [0.1, 0.15) is 11.5 Å². The van der Waals surface area contributed by atoms with Crippen LogP contribution >= 0.6 is 0 Å². The van der Waals surface area contributed by atoms with Crippen LogP contribution in [0.25, 0.3) is 5.69 Å². The van der Waals surface area contributed by atoms with E-state index in [2.05, 4.69) is 15.3 Å². The summed E-state index contributed by atoms with van der Waals surface area (Å²) in [6.45, 7) is 0. The van der Waals surface area contributed by atoms with Gasteiger partial charge in [-0.05, 0) is 0 Å². The maximum absolute atomic E-state index is 10.6. The fraction of sp³-hybridized carbons (Fsp3) is 0. The Kier molecular flexibility index (Phi) is 1.70. The lowest BCUT2D eigenvalue weighted by Crippen LogP contribution is -2.02. The number of H-pyrrole nitrogens is 1. The first-order chi connectivity index (χ1) is 6.68. The third-order valence-electron chi connectivity index (χ3n) is 1.68. The SMILES string of the molecule is Nc1cc(C(=O)O)nn1-c1cn[nH]c1. The minimum absolute atomic E-state index is 0.0938. The Hall–Kier alpha value is -2.31. The molecule has 0 amide bonds. The Morgan fingerprint density at radius 2 is 2.43 bits per heavy atom. The quantitative estimate of drug-likeness (QED) is 0.615. The second-order valence-electron chi connectivity index (χ2n) is 2.63. The summed E-state index contributed by atoms with van der Waals surface area (Å²) in [7, 11) is 0. The van der Waals surface area contributed by atoms with E-state index in [1.54, 1.807) is 6.20 Å². The summed E-state index contributed by atoms with van der Waals surface area (Å²) in [5.41, 5.74) is 6.06. The summed E-state index contributed by atoms with van der Waals surface area (Å²) in [5.74, 6) is -0.859. The highest BCUT2D eigenvalue weighted by atomic mass is 16.4. The highest BCUT2D eigenvalue weighted by Crippen LogP contribution is 2.12. The van der Waals surface area contributed by atoms with Crippen molar-refractivity contribution in [2.24, 2.45) is 0 Å². The van der Waals surface area contributed by atoms with E-state index in [1.165, 1.54) is 16.9 Å². The van der Waals surface area contributed by atoms with Crippen LogP contribution in [0.5, 0.6) is 0 Å². The molecule has 0 aliphatic rings. The molecule has 0 radical (unpaired) electrons. The summed E-state index contributed by atoms with van der Waals surface area (Å²) in [4.78, 5) is 10.6. The third-order valence-corrected chi connectivity index (χ3v) is 1.68. The number of carboxylic acid groups (broad SMARTS) is 1. The normalized spacial score (nSPS) is 10.3. The molecule has 0 bridgehead atoms. The number of nitrogen functional groups attached to an aromatic ring is 1. The standard InChI is InChI=1S/C7H7N5O2/c8-6-1-5(7(13)14)11-12(6)4-2-9-10-3-4/h1-3H,8H2,(H,9,10)(H,13,14). The minimum Gasteiger partial charge on any atom is -0.476 e. The molecule has 2 aromatic heterocycles. The third kappa shape index (κ3) is 1.20. The lowest BCUT2D eigenvalue weighted by atomic mass is 10.4. The molecule has 2 heterocycles. The largest absolute Gasteiger partial charge is 0.476 e. The minimum atomic E-state index is -1.11. The molecule has 4 N–H and O–H groups in total. The average Bonchev–Trinajstić information content (AvgIpc) is 2.71. The summed E-state index contributed by atoms with van der Waals surface area (Å²) >= 11 is 0. The Bertz CT molecular complexity index is 458. The molecular weight excluding hydrogens is 186 g/mol. The smallest absolute Gasteiger partial charge is 0.356 e. The number of rotatable bonds is 2. The summed E-state index contributed by atoms with van der Waals surface area (Å²) in [6.07, 6.45) is 3.06. The van der Waals surface area contributed by atoms with Crippen molar-refractivity contribution in [2.75, 3.05) is 5.73 Å². The summed E-state index contributed by atoms with van der Waals surface area (Å²) in [5, 5.41) is 18.7. The Morgan fingerprint density at radius 3 is 2.93 bits per heavy atom. The topological polar surface area (TPSA) is 110 Å². The number of aromatic amines is 1. The van der Waals surface area contributed by atoms with Gasteiger partial charge in [-0.15, -0.1) is 0 Å². The summed E-state index contributed by atoms with van der Waals surface area (Å²) in [6, 6.07) is 1.29. The van der Waals surface area contributed by atoms with E-state index in [4.69, 9.17) is 10.8 Å². The Labute approximate surface area is 78.2 Å². The molecule has 0 unspecified atom stereocenters. The van der Waals surface area contributed by atoms with Crippen LogP contribution in [0.4, 0.5) is 5.82 Å². The second kappa shape index (κ2) is 2.87. The van der Waals surface area contributed by atoms with Crippen molar-refractivity contribution in [3.8, 4) is 5.69 Å². The molecule has 0 aromatic carbocycles. The fourth-order valence-corrected chi connectivity index (χ4v) is 1.07. The Balaban J connectivity index is 2.50. The number of nitrogens with zero attached hydrogens (tertiary/aromatic N) is 3. The Morgan fingerprint density at radius 1 is 1.64 bits per heavy atom. The van der Waals surface area contributed by atoms with Gasteiger partial charge < -0.3 is 10.8 Å². The number of aromatic nitrogens is 4. The van der Waals surface area contributed by atoms with Gasteiger partial charge in [-0.2, -0.15) is 10.2 Å². The highest BCUT2D eigenvalue weighted by Gasteiger charge is 2.12. The zero-order valence-electron chi connectivity index (χ0n) is 7.01. The molecule has 0 spiro atoms. The van der Waals surface area contributed by atoms with Crippen LogP contribution in [0.2, 0.25) is 0 Å². The number of aromatic carboxylic acids is 1. The molecule has 2 aromatic rings. The van der Waals surface area contributed by atoms with Crippen molar-refractivity contribution in [2.45, 2.75) is 0 Å². The van der Waals surface area contributed by atoms with E-state index in [-0.39, 0.29) is 11.5 Å². The van der Waals surface area contributed by atoms with Gasteiger partial charge >= 0.3 is 5.97 Å². The van der Waals surface area contributed by atoms with Gasteiger partial charge in [0.25, 0.3) is 0 Å². The van der Waals surface area contributed by atoms with E-state index >= 15 is 0 Å². The predicted octanol–water partition coefficient (Wildman–Crippen LogP) is -0.124. The first-order valence-corrected chi connectivity index (χ1v) is 3.76. The van der Waals surface area contributed by atoms with Crippen LogP contribution in [0.3, 0.4) is 0 Å². The van der Waals surface area contributed by atoms with Crippen molar-refractivity contribution < 1.29 is 9.90 Å². The van der Waals surface area contributed by atoms with E-state index in [1.807, 2.05) is 0 Å². The first-order valence-electron chi connectivity index (χ1n) is 3.76. The number of carbonyl (C=O) groups is 1. The monoisotopic (exact) mass is 193 g/mol. The number of nitrogens with two attached hydrogens (primary N) is 1. The van der Waals surface area contributed by atoms with E-state index in [0.717, 1.165) is 0 Å². The zero-order chi connectivity index (χ0) is 10.1. The molecule has 0 aliphatic carbocycles. The lowest BCUT2D eigenvalue weighted by molar-refractivity contribution is 0.0690. The van der Waals surface area contributed by atoms with Crippen LogP contribution in [0.1, 0.15) is 10.5 Å². The molecule has 14 heavy (non-hydrogen) atoms. The van der Waals surface area contributed by atoms with Crippen LogP contribution in [0, 0.1) is 0 Å². The molecule has 0 saturated carbocycles. The number of nitrogens with one attached hydrogen (secondary N) is 1. The van der Waals surface area contributed by atoms with Gasteiger partial charge in [-0.25, -0.2) is 9.48 Å². The molecule has 0 aliphatic heterocycles. The maximum Gasteiger partial charge on any atom is 0.356 e. The van der Waals surface area contributed by atoms with Crippen molar-refractivity contribution in [3.63, 3.8) is 0 Å². The molecule has 0 atom stereocenters. The van der Waals surface area contributed by atoms with Gasteiger partial charge in [0.2, 0.25) is 0 Å². The molecule has 2 rings (SSSR count). The molecule has 7 heteroatoms. The van der Waals surface area contributed by atoms with Crippen molar-refractivity contribution >= 4 is 11.8 Å². The van der Waals surface area contributed by atoms with Gasteiger partial charge in [-0.3, -0.25) is 5.10 Å². The maximum atomic E-state index is 10.6. The van der Waals surface area contributed by atoms with Crippen LogP contribution in [-0.4, -0.2) is 31.1 Å². The van der Waals surface area contributed by atoms with E-state index < -0.39 is 5.97 Å². The van der Waals surface area contributed by atoms with Crippen LogP contribution in [-0.2, 0) is 0 Å². The predicted molar refractivity (Wildman–Crippen MR) is 47.1 cm³/mol. The molecule has 0 fully saturated rings.